The van der Waals surface area contributed by atoms with Crippen LogP contribution < -0.4 is 10.9 Å². The molecule has 2 N–H and O–H groups in total. The third-order valence-corrected chi connectivity index (χ3v) is 4.66. The van der Waals surface area contributed by atoms with Gasteiger partial charge in [-0.25, -0.2) is 9.59 Å². The zero-order valence-electron chi connectivity index (χ0n) is 18.8. The SMILES string of the molecule is CCCCC/C(C)=C\C=C(/C)C(=O)c1c(O)cc(CCC/C=C/NC(=O)OC)oc1=O. The largest absolute Gasteiger partial charge is 0.507 e. The lowest BCUT2D eigenvalue weighted by Gasteiger charge is -2.05. The van der Waals surface area contributed by atoms with Crippen LogP contribution in [-0.2, 0) is 11.2 Å². The summed E-state index contributed by atoms with van der Waals surface area (Å²) in [6.07, 6.45) is 12.2. The summed E-state index contributed by atoms with van der Waals surface area (Å²) in [6, 6.07) is 1.31. The quantitative estimate of drug-likeness (QED) is 0.204. The first-order chi connectivity index (χ1) is 14.8. The van der Waals surface area contributed by atoms with Crippen LogP contribution in [0.25, 0.3) is 0 Å². The molecular weight excluding hydrogens is 398 g/mol. The molecule has 0 saturated heterocycles. The maximum Gasteiger partial charge on any atom is 0.410 e. The van der Waals surface area contributed by atoms with Crippen molar-refractivity contribution in [1.82, 2.24) is 5.32 Å². The summed E-state index contributed by atoms with van der Waals surface area (Å²) in [5, 5.41) is 12.6. The van der Waals surface area contributed by atoms with Crippen molar-refractivity contribution in [1.29, 1.82) is 0 Å². The number of amides is 1. The number of unbranched alkanes of at least 4 members (excludes halogenated alkanes) is 3. The van der Waals surface area contributed by atoms with Crippen LogP contribution >= 0.6 is 0 Å². The van der Waals surface area contributed by atoms with E-state index in [0.29, 0.717) is 30.6 Å². The molecule has 7 heteroatoms. The number of aryl methyl sites for hydroxylation is 1. The van der Waals surface area contributed by atoms with Crippen molar-refractivity contribution in [3.05, 3.63) is 63.4 Å². The van der Waals surface area contributed by atoms with Gasteiger partial charge in [0.25, 0.3) is 0 Å². The Labute approximate surface area is 183 Å². The average molecular weight is 432 g/mol. The number of allylic oxidation sites excluding steroid dienone is 5. The highest BCUT2D eigenvalue weighted by Crippen LogP contribution is 2.20. The zero-order chi connectivity index (χ0) is 23.2. The van der Waals surface area contributed by atoms with Crippen molar-refractivity contribution in [3.63, 3.8) is 0 Å². The lowest BCUT2D eigenvalue weighted by molar-refractivity contribution is 0.102. The van der Waals surface area contributed by atoms with Crippen LogP contribution in [0.1, 0.15) is 75.4 Å². The molecular formula is C24H33NO6. The normalized spacial score (nSPS) is 12.3. The second kappa shape index (κ2) is 14.0. The van der Waals surface area contributed by atoms with Crippen molar-refractivity contribution in [2.45, 2.75) is 65.7 Å². The minimum Gasteiger partial charge on any atom is -0.507 e. The van der Waals surface area contributed by atoms with E-state index in [-0.39, 0.29) is 11.3 Å². The Bertz CT molecular complexity index is 892. The second-order valence-corrected chi connectivity index (χ2v) is 7.34. The standard InChI is InChI=1S/C24H33NO6/c1-5-6-8-11-17(2)13-14-18(3)22(27)21-20(26)16-19(31-23(21)28)12-9-7-10-15-25-24(29)30-4/h10,13-16,26H,5-9,11-12H2,1-4H3,(H,25,29)/b15-10+,17-13-,18-14+. The topological polar surface area (TPSA) is 106 Å². The molecule has 0 aliphatic heterocycles. The van der Waals surface area contributed by atoms with E-state index in [1.807, 2.05) is 13.0 Å². The second-order valence-electron chi connectivity index (χ2n) is 7.34. The van der Waals surface area contributed by atoms with Gasteiger partial charge in [0.05, 0.1) is 7.11 Å². The molecule has 0 radical (unpaired) electrons. The molecule has 1 rings (SSSR count). The third-order valence-electron chi connectivity index (χ3n) is 4.66. The van der Waals surface area contributed by atoms with Gasteiger partial charge >= 0.3 is 11.7 Å². The van der Waals surface area contributed by atoms with Gasteiger partial charge in [0, 0.05) is 18.7 Å². The summed E-state index contributed by atoms with van der Waals surface area (Å²) in [5.74, 6) is -0.635. The smallest absolute Gasteiger partial charge is 0.410 e. The summed E-state index contributed by atoms with van der Waals surface area (Å²) in [5.41, 5.74) is 0.312. The van der Waals surface area contributed by atoms with E-state index >= 15 is 0 Å². The Kier molecular flexibility index (Phi) is 11.7. The molecule has 1 amide bonds. The molecule has 0 aromatic carbocycles. The number of carbonyl (C=O) groups is 2. The van der Waals surface area contributed by atoms with E-state index in [2.05, 4.69) is 17.0 Å². The highest BCUT2D eigenvalue weighted by atomic mass is 16.5. The monoisotopic (exact) mass is 431 g/mol. The number of carbonyl (C=O) groups excluding carboxylic acids is 2. The molecule has 0 spiro atoms. The average Bonchev–Trinajstić information content (AvgIpc) is 2.73. The first-order valence-corrected chi connectivity index (χ1v) is 10.5. The van der Waals surface area contributed by atoms with Gasteiger partial charge < -0.3 is 14.3 Å². The number of nitrogens with one attached hydrogen (secondary N) is 1. The Balaban J connectivity index is 2.74. The summed E-state index contributed by atoms with van der Waals surface area (Å²) in [7, 11) is 1.27. The maximum absolute atomic E-state index is 12.6. The van der Waals surface area contributed by atoms with Crippen molar-refractivity contribution < 1.29 is 23.8 Å². The predicted molar refractivity (Wildman–Crippen MR) is 120 cm³/mol. The summed E-state index contributed by atoms with van der Waals surface area (Å²) >= 11 is 0. The van der Waals surface area contributed by atoms with Crippen molar-refractivity contribution in [3.8, 4) is 5.75 Å². The van der Waals surface area contributed by atoms with Gasteiger partial charge in [0.1, 0.15) is 17.1 Å². The predicted octanol–water partition coefficient (Wildman–Crippen LogP) is 5.19. The van der Waals surface area contributed by atoms with Crippen LogP contribution in [-0.4, -0.2) is 24.1 Å². The Morgan fingerprint density at radius 3 is 2.58 bits per heavy atom. The van der Waals surface area contributed by atoms with E-state index in [9.17, 15) is 19.5 Å². The molecule has 0 atom stereocenters. The summed E-state index contributed by atoms with van der Waals surface area (Å²) < 4.78 is 9.65. The van der Waals surface area contributed by atoms with Crippen LogP contribution in [0.4, 0.5) is 4.79 Å². The summed E-state index contributed by atoms with van der Waals surface area (Å²) in [4.78, 5) is 35.8. The fourth-order valence-corrected chi connectivity index (χ4v) is 2.80. The Morgan fingerprint density at radius 1 is 1.19 bits per heavy atom. The molecule has 31 heavy (non-hydrogen) atoms. The van der Waals surface area contributed by atoms with E-state index in [1.165, 1.54) is 19.4 Å². The first-order valence-electron chi connectivity index (χ1n) is 10.5. The van der Waals surface area contributed by atoms with Crippen LogP contribution in [0.15, 0.2) is 50.9 Å². The van der Waals surface area contributed by atoms with Gasteiger partial charge in [-0.15, -0.1) is 0 Å². The van der Waals surface area contributed by atoms with Gasteiger partial charge in [0.2, 0.25) is 0 Å². The van der Waals surface area contributed by atoms with Crippen LogP contribution in [0.3, 0.4) is 0 Å². The van der Waals surface area contributed by atoms with Gasteiger partial charge in [-0.3, -0.25) is 10.1 Å². The minimum atomic E-state index is -0.848. The molecule has 0 saturated carbocycles. The number of ether oxygens (including phenoxy) is 1. The number of ketones is 1. The van der Waals surface area contributed by atoms with Gasteiger partial charge in [0.15, 0.2) is 5.78 Å². The summed E-state index contributed by atoms with van der Waals surface area (Å²) in [6.45, 7) is 5.76. The minimum absolute atomic E-state index is 0.293. The maximum atomic E-state index is 12.6. The van der Waals surface area contributed by atoms with Crippen molar-refractivity contribution in [2.75, 3.05) is 7.11 Å². The number of aromatic hydroxyl groups is 1. The van der Waals surface area contributed by atoms with Crippen LogP contribution in [0.2, 0.25) is 0 Å². The number of hydrogen-bond donors (Lipinski definition) is 2. The van der Waals surface area contributed by atoms with E-state index in [0.717, 1.165) is 31.3 Å². The third kappa shape index (κ3) is 9.51. The molecule has 7 nitrogen and oxygen atoms in total. The van der Waals surface area contributed by atoms with E-state index in [1.54, 1.807) is 19.1 Å². The lowest BCUT2D eigenvalue weighted by atomic mass is 10.0. The molecule has 0 bridgehead atoms. The zero-order valence-corrected chi connectivity index (χ0v) is 18.8. The van der Waals surface area contributed by atoms with E-state index < -0.39 is 17.5 Å². The molecule has 0 aliphatic rings. The number of rotatable bonds is 12. The molecule has 0 aliphatic carbocycles. The number of methoxy groups -OCH3 is 1. The fourth-order valence-electron chi connectivity index (χ4n) is 2.80. The van der Waals surface area contributed by atoms with Crippen molar-refractivity contribution >= 4 is 11.9 Å². The molecule has 1 aromatic rings. The first kappa shape index (κ1) is 25.9. The molecule has 0 unspecified atom stereocenters. The molecule has 1 heterocycles. The molecule has 170 valence electrons. The lowest BCUT2D eigenvalue weighted by Crippen LogP contribution is -2.16. The number of hydrogen-bond acceptors (Lipinski definition) is 6. The molecule has 1 aromatic heterocycles. The Hall–Kier alpha value is -3.09. The number of Topliss-reactive ketones (excluding diaryl/α,β-unsaturated/α-hetero) is 1. The van der Waals surface area contributed by atoms with Crippen LogP contribution in [0, 0.1) is 0 Å². The highest BCUT2D eigenvalue weighted by Gasteiger charge is 2.20. The van der Waals surface area contributed by atoms with Gasteiger partial charge in [-0.05, 0) is 45.1 Å². The molecule has 0 fully saturated rings. The Morgan fingerprint density at radius 2 is 1.94 bits per heavy atom. The number of alkyl carbamates (subject to hydrolysis) is 1. The fraction of sp³-hybridized carbons (Fsp3) is 0.458. The van der Waals surface area contributed by atoms with Gasteiger partial charge in [-0.1, -0.05) is 43.6 Å². The van der Waals surface area contributed by atoms with E-state index in [4.69, 9.17) is 4.42 Å². The van der Waals surface area contributed by atoms with Gasteiger partial charge in [-0.2, -0.15) is 0 Å². The highest BCUT2D eigenvalue weighted by molar-refractivity contribution is 6.09. The van der Waals surface area contributed by atoms with Crippen molar-refractivity contribution in [2.24, 2.45) is 0 Å². The van der Waals surface area contributed by atoms with Crippen LogP contribution in [0.5, 0.6) is 5.75 Å².